The van der Waals surface area contributed by atoms with Crippen LogP contribution in [0.4, 0.5) is 5.69 Å². The Balaban J connectivity index is 1.66. The number of para-hydroxylation sites is 1. The van der Waals surface area contributed by atoms with E-state index in [1.54, 1.807) is 7.05 Å². The van der Waals surface area contributed by atoms with E-state index >= 15 is 0 Å². The van der Waals surface area contributed by atoms with Crippen molar-refractivity contribution in [2.75, 3.05) is 18.7 Å². The summed E-state index contributed by atoms with van der Waals surface area (Å²) in [5, 5.41) is 10.1. The van der Waals surface area contributed by atoms with Crippen LogP contribution >= 0.6 is 0 Å². The fourth-order valence-corrected chi connectivity index (χ4v) is 4.77. The van der Waals surface area contributed by atoms with Crippen LogP contribution < -0.4 is 4.90 Å². The van der Waals surface area contributed by atoms with Crippen molar-refractivity contribution in [3.05, 3.63) is 65.7 Å². The second-order valence-electron chi connectivity index (χ2n) is 8.68. The molecule has 0 unspecified atom stereocenters. The second-order valence-corrected chi connectivity index (χ2v) is 8.68. The Labute approximate surface area is 189 Å². The summed E-state index contributed by atoms with van der Waals surface area (Å²) in [4.78, 5) is 34.1. The third-order valence-corrected chi connectivity index (χ3v) is 6.63. The summed E-state index contributed by atoms with van der Waals surface area (Å²) in [6, 6.07) is 17.3. The Morgan fingerprint density at radius 2 is 1.75 bits per heavy atom. The van der Waals surface area contributed by atoms with Crippen LogP contribution in [0.15, 0.2) is 59.6 Å². The summed E-state index contributed by atoms with van der Waals surface area (Å²) in [7, 11) is 1.69. The average Bonchev–Trinajstić information content (AvgIpc) is 2.95. The number of carbonyl (C=O) groups excluding carboxylic acids is 2. The monoisotopic (exact) mass is 433 g/mol. The Bertz CT molecular complexity index is 983. The van der Waals surface area contributed by atoms with Crippen LogP contribution in [-0.2, 0) is 9.59 Å². The highest BCUT2D eigenvalue weighted by atomic mass is 16.3. The number of fused-ring (bicyclic) bond motifs is 1. The van der Waals surface area contributed by atoms with Gasteiger partial charge < -0.3 is 10.0 Å². The minimum absolute atomic E-state index is 0.230. The number of benzene rings is 2. The lowest BCUT2D eigenvalue weighted by Gasteiger charge is -2.29. The first kappa shape index (κ1) is 22.2. The molecule has 0 saturated heterocycles. The zero-order valence-corrected chi connectivity index (χ0v) is 18.6. The van der Waals surface area contributed by atoms with Gasteiger partial charge in [0.1, 0.15) is 6.73 Å². The smallest absolute Gasteiger partial charge is 0.272 e. The molecule has 1 saturated carbocycles. The molecule has 0 bridgehead atoms. The van der Waals surface area contributed by atoms with E-state index in [9.17, 15) is 14.7 Å². The molecule has 4 rings (SSSR count). The van der Waals surface area contributed by atoms with Crippen molar-refractivity contribution in [3.63, 3.8) is 0 Å². The van der Waals surface area contributed by atoms with E-state index in [1.165, 1.54) is 29.1 Å². The maximum absolute atomic E-state index is 13.4. The largest absolute Gasteiger partial charge is 0.376 e. The normalized spacial score (nSPS) is 19.2. The number of nitrogens with zero attached hydrogens (tertiary/aromatic N) is 3. The van der Waals surface area contributed by atoms with Crippen molar-refractivity contribution in [2.24, 2.45) is 10.9 Å². The van der Waals surface area contributed by atoms with Crippen molar-refractivity contribution in [3.8, 4) is 0 Å². The van der Waals surface area contributed by atoms with Crippen LogP contribution in [0.3, 0.4) is 0 Å². The van der Waals surface area contributed by atoms with Gasteiger partial charge >= 0.3 is 0 Å². The number of likely N-dealkylation sites (N-methyl/N-ethyl adjacent to an activating group) is 1. The molecule has 1 heterocycles. The average molecular weight is 434 g/mol. The fourth-order valence-electron chi connectivity index (χ4n) is 4.77. The topological polar surface area (TPSA) is 73.2 Å². The van der Waals surface area contributed by atoms with Crippen LogP contribution in [0.2, 0.25) is 0 Å². The van der Waals surface area contributed by atoms with E-state index in [0.29, 0.717) is 18.1 Å². The molecule has 1 aliphatic heterocycles. The third kappa shape index (κ3) is 4.60. The Morgan fingerprint density at radius 3 is 2.47 bits per heavy atom. The molecule has 0 aromatic heterocycles. The highest BCUT2D eigenvalue weighted by molar-refractivity contribution is 6.20. The van der Waals surface area contributed by atoms with Gasteiger partial charge in [-0.05, 0) is 18.4 Å². The molecular formula is C26H31N3O3. The second kappa shape index (κ2) is 10.1. The van der Waals surface area contributed by atoms with Crippen molar-refractivity contribution in [1.82, 2.24) is 4.90 Å². The van der Waals surface area contributed by atoms with Crippen molar-refractivity contribution in [2.45, 2.75) is 51.1 Å². The van der Waals surface area contributed by atoms with Gasteiger partial charge in [-0.2, -0.15) is 0 Å². The molecule has 1 N–H and O–H groups in total. The number of aliphatic hydroxyl groups excluding tert-OH is 1. The van der Waals surface area contributed by atoms with Gasteiger partial charge in [-0.15, -0.1) is 0 Å². The maximum Gasteiger partial charge on any atom is 0.272 e. The first-order chi connectivity index (χ1) is 15.6. The lowest BCUT2D eigenvalue weighted by Crippen LogP contribution is -2.49. The van der Waals surface area contributed by atoms with E-state index in [-0.39, 0.29) is 11.8 Å². The molecule has 2 amide bonds. The minimum Gasteiger partial charge on any atom is -0.376 e. The van der Waals surface area contributed by atoms with E-state index in [0.717, 1.165) is 36.1 Å². The third-order valence-electron chi connectivity index (χ3n) is 6.63. The lowest BCUT2D eigenvalue weighted by molar-refractivity contribution is -0.143. The number of amides is 2. The molecule has 2 aliphatic rings. The van der Waals surface area contributed by atoms with E-state index in [4.69, 9.17) is 4.99 Å². The predicted molar refractivity (Wildman–Crippen MR) is 125 cm³/mol. The van der Waals surface area contributed by atoms with Gasteiger partial charge in [0.2, 0.25) is 12.1 Å². The molecule has 1 aliphatic carbocycles. The molecule has 2 aromatic rings. The zero-order chi connectivity index (χ0) is 22.5. The summed E-state index contributed by atoms with van der Waals surface area (Å²) in [5.74, 6) is -0.0104. The summed E-state index contributed by atoms with van der Waals surface area (Å²) < 4.78 is 0. The van der Waals surface area contributed by atoms with Gasteiger partial charge in [0.25, 0.3) is 5.91 Å². The first-order valence-electron chi connectivity index (χ1n) is 11.5. The SMILES string of the molecule is CN1C(=O)[C@H](N(CO)C(=O)CCC2CCCCC2)N=C(c2ccccc2)c2ccccc21. The Kier molecular flexibility index (Phi) is 7.00. The van der Waals surface area contributed by atoms with E-state index < -0.39 is 12.9 Å². The molecule has 32 heavy (non-hydrogen) atoms. The molecular weight excluding hydrogens is 402 g/mol. The summed E-state index contributed by atoms with van der Waals surface area (Å²) in [5.41, 5.74) is 3.06. The first-order valence-corrected chi connectivity index (χ1v) is 11.5. The number of aliphatic hydroxyl groups is 1. The molecule has 168 valence electrons. The Morgan fingerprint density at radius 1 is 1.06 bits per heavy atom. The highest BCUT2D eigenvalue weighted by Crippen LogP contribution is 2.30. The number of carbonyl (C=O) groups is 2. The van der Waals surface area contributed by atoms with Crippen molar-refractivity contribution in [1.29, 1.82) is 0 Å². The summed E-state index contributed by atoms with van der Waals surface area (Å²) in [6.45, 7) is -0.546. The van der Waals surface area contributed by atoms with Gasteiger partial charge in [0.05, 0.1) is 11.4 Å². The van der Waals surface area contributed by atoms with Crippen LogP contribution in [-0.4, -0.2) is 47.5 Å². The van der Waals surface area contributed by atoms with E-state index in [1.807, 2.05) is 54.6 Å². The zero-order valence-electron chi connectivity index (χ0n) is 18.6. The molecule has 0 spiro atoms. The highest BCUT2D eigenvalue weighted by Gasteiger charge is 2.36. The number of hydrogen-bond acceptors (Lipinski definition) is 4. The quantitative estimate of drug-likeness (QED) is 0.701. The van der Waals surface area contributed by atoms with Crippen LogP contribution in [0.25, 0.3) is 0 Å². The van der Waals surface area contributed by atoms with Crippen LogP contribution in [0.5, 0.6) is 0 Å². The molecule has 6 nitrogen and oxygen atoms in total. The predicted octanol–water partition coefficient (Wildman–Crippen LogP) is 3.97. The van der Waals surface area contributed by atoms with Gasteiger partial charge in [0, 0.05) is 24.6 Å². The molecule has 2 aromatic carbocycles. The van der Waals surface area contributed by atoms with Gasteiger partial charge in [-0.1, -0.05) is 80.6 Å². The molecule has 0 radical (unpaired) electrons. The standard InChI is InChI=1S/C26H31N3O3/c1-28-22-15-9-8-14-21(22)24(20-12-6-3-7-13-20)27-25(26(28)32)29(18-30)23(31)17-16-19-10-4-2-5-11-19/h3,6-9,12-15,19,25,30H,2,4-5,10-11,16-18H2,1H3/t25-/m0/s1. The van der Waals surface area contributed by atoms with Crippen LogP contribution in [0.1, 0.15) is 56.1 Å². The molecule has 1 atom stereocenters. The number of aliphatic imine (C=N–C) groups is 1. The van der Waals surface area contributed by atoms with Gasteiger partial charge in [0.15, 0.2) is 0 Å². The van der Waals surface area contributed by atoms with Gasteiger partial charge in [-0.3, -0.25) is 14.5 Å². The lowest BCUT2D eigenvalue weighted by atomic mass is 9.86. The van der Waals surface area contributed by atoms with Crippen molar-refractivity contribution >= 4 is 23.2 Å². The molecule has 6 heteroatoms. The summed E-state index contributed by atoms with van der Waals surface area (Å²) >= 11 is 0. The maximum atomic E-state index is 13.4. The van der Waals surface area contributed by atoms with Crippen LogP contribution in [0, 0.1) is 5.92 Å². The summed E-state index contributed by atoms with van der Waals surface area (Å²) in [6.07, 6.45) is 6.03. The minimum atomic E-state index is -1.11. The number of anilines is 1. The van der Waals surface area contributed by atoms with E-state index in [2.05, 4.69) is 0 Å². The fraction of sp³-hybridized carbons (Fsp3) is 0.423. The number of hydrogen-bond donors (Lipinski definition) is 1. The van der Waals surface area contributed by atoms with Crippen molar-refractivity contribution < 1.29 is 14.7 Å². The molecule has 1 fully saturated rings. The number of benzodiazepines with no additional fused rings is 1. The van der Waals surface area contributed by atoms with Gasteiger partial charge in [-0.25, -0.2) is 4.99 Å². The Hall–Kier alpha value is -2.99. The number of rotatable bonds is 6.